The number of rotatable bonds is 8. The minimum Gasteiger partial charge on any atom is -0.439 e. The van der Waals surface area contributed by atoms with Gasteiger partial charge in [-0.1, -0.05) is 13.3 Å². The maximum absolute atomic E-state index is 10.3. The standard InChI is InChI=1S/C9H18O4/c1-3-4-5-11-6-7-12-8-13-9(2)10/h3-8H2,1-2H3. The Morgan fingerprint density at radius 2 is 1.85 bits per heavy atom. The Kier molecular flexibility index (Phi) is 9.03. The fourth-order valence-electron chi connectivity index (χ4n) is 0.650. The van der Waals surface area contributed by atoms with Gasteiger partial charge in [-0.15, -0.1) is 0 Å². The van der Waals surface area contributed by atoms with Gasteiger partial charge in [0.25, 0.3) is 0 Å². The van der Waals surface area contributed by atoms with Gasteiger partial charge in [-0.05, 0) is 6.42 Å². The van der Waals surface area contributed by atoms with Crippen LogP contribution >= 0.6 is 0 Å². The monoisotopic (exact) mass is 190 g/mol. The molecule has 0 aliphatic rings. The number of esters is 1. The van der Waals surface area contributed by atoms with Gasteiger partial charge in [-0.25, -0.2) is 0 Å². The summed E-state index contributed by atoms with van der Waals surface area (Å²) in [5.41, 5.74) is 0. The molecule has 13 heavy (non-hydrogen) atoms. The second kappa shape index (κ2) is 9.48. The van der Waals surface area contributed by atoms with E-state index >= 15 is 0 Å². The van der Waals surface area contributed by atoms with Crippen LogP contribution in [0.25, 0.3) is 0 Å². The fraction of sp³-hybridized carbons (Fsp3) is 0.889. The van der Waals surface area contributed by atoms with Gasteiger partial charge in [0.15, 0.2) is 6.79 Å². The van der Waals surface area contributed by atoms with E-state index in [9.17, 15) is 4.79 Å². The van der Waals surface area contributed by atoms with Crippen LogP contribution in [0.1, 0.15) is 26.7 Å². The van der Waals surface area contributed by atoms with Crippen LogP contribution in [0.3, 0.4) is 0 Å². The quantitative estimate of drug-likeness (QED) is 0.329. The highest BCUT2D eigenvalue weighted by atomic mass is 16.7. The van der Waals surface area contributed by atoms with E-state index in [1.54, 1.807) is 0 Å². The number of unbranched alkanes of at least 4 members (excludes halogenated alkanes) is 1. The first-order valence-electron chi connectivity index (χ1n) is 4.56. The SMILES string of the molecule is CCCCOCCOCOC(C)=O. The van der Waals surface area contributed by atoms with Crippen LogP contribution in [0.15, 0.2) is 0 Å². The minimum atomic E-state index is -0.327. The van der Waals surface area contributed by atoms with E-state index in [-0.39, 0.29) is 12.8 Å². The zero-order chi connectivity index (χ0) is 9.94. The summed E-state index contributed by atoms with van der Waals surface area (Å²) in [5, 5.41) is 0. The molecule has 0 saturated carbocycles. The van der Waals surface area contributed by atoms with E-state index in [2.05, 4.69) is 11.7 Å². The topological polar surface area (TPSA) is 44.8 Å². The second-order valence-corrected chi connectivity index (χ2v) is 2.63. The van der Waals surface area contributed by atoms with Gasteiger partial charge in [0.2, 0.25) is 0 Å². The first-order chi connectivity index (χ1) is 6.27. The van der Waals surface area contributed by atoms with E-state index in [4.69, 9.17) is 9.47 Å². The molecular formula is C9H18O4. The summed E-state index contributed by atoms with van der Waals surface area (Å²) in [5.74, 6) is -0.327. The van der Waals surface area contributed by atoms with Crippen LogP contribution in [0.5, 0.6) is 0 Å². The molecule has 0 saturated heterocycles. The van der Waals surface area contributed by atoms with Crippen LogP contribution in [-0.2, 0) is 19.0 Å². The zero-order valence-corrected chi connectivity index (χ0v) is 8.38. The molecule has 0 aliphatic carbocycles. The second-order valence-electron chi connectivity index (χ2n) is 2.63. The Morgan fingerprint density at radius 3 is 2.46 bits per heavy atom. The first-order valence-corrected chi connectivity index (χ1v) is 4.56. The first kappa shape index (κ1) is 12.4. The van der Waals surface area contributed by atoms with Gasteiger partial charge in [-0.2, -0.15) is 0 Å². The van der Waals surface area contributed by atoms with E-state index in [1.807, 2.05) is 0 Å². The maximum atomic E-state index is 10.3. The minimum absolute atomic E-state index is 0.0203. The van der Waals surface area contributed by atoms with Gasteiger partial charge in [0.05, 0.1) is 13.2 Å². The highest BCUT2D eigenvalue weighted by molar-refractivity contribution is 5.65. The van der Waals surface area contributed by atoms with Crippen molar-refractivity contribution in [2.24, 2.45) is 0 Å². The highest BCUT2D eigenvalue weighted by Gasteiger charge is 1.92. The summed E-state index contributed by atoms with van der Waals surface area (Å²) in [7, 11) is 0. The van der Waals surface area contributed by atoms with E-state index in [1.165, 1.54) is 6.92 Å². The lowest BCUT2D eigenvalue weighted by Crippen LogP contribution is -2.09. The molecule has 4 nitrogen and oxygen atoms in total. The van der Waals surface area contributed by atoms with Crippen LogP contribution in [0.4, 0.5) is 0 Å². The molecule has 0 aromatic carbocycles. The van der Waals surface area contributed by atoms with Gasteiger partial charge in [0, 0.05) is 13.5 Å². The summed E-state index contributed by atoms with van der Waals surface area (Å²) in [6.07, 6.45) is 2.21. The smallest absolute Gasteiger partial charge is 0.304 e. The van der Waals surface area contributed by atoms with Crippen molar-refractivity contribution in [1.82, 2.24) is 0 Å². The summed E-state index contributed by atoms with van der Waals surface area (Å²) in [6, 6.07) is 0. The Morgan fingerprint density at radius 1 is 1.15 bits per heavy atom. The third kappa shape index (κ3) is 11.4. The number of ether oxygens (including phenoxy) is 3. The third-order valence-electron chi connectivity index (χ3n) is 1.36. The van der Waals surface area contributed by atoms with Crippen LogP contribution in [-0.4, -0.2) is 32.6 Å². The zero-order valence-electron chi connectivity index (χ0n) is 8.38. The predicted molar refractivity (Wildman–Crippen MR) is 48.3 cm³/mol. The molecule has 78 valence electrons. The highest BCUT2D eigenvalue weighted by Crippen LogP contribution is 1.88. The molecule has 0 heterocycles. The molecule has 0 rings (SSSR count). The molecule has 0 spiro atoms. The number of hydrogen-bond acceptors (Lipinski definition) is 4. The van der Waals surface area contributed by atoms with Crippen molar-refractivity contribution in [3.63, 3.8) is 0 Å². The molecule has 0 amide bonds. The lowest BCUT2D eigenvalue weighted by molar-refractivity contribution is -0.154. The van der Waals surface area contributed by atoms with Gasteiger partial charge >= 0.3 is 5.97 Å². The van der Waals surface area contributed by atoms with E-state index in [0.29, 0.717) is 13.2 Å². The van der Waals surface area contributed by atoms with Gasteiger partial charge < -0.3 is 14.2 Å². The normalized spacial score (nSPS) is 10.0. The van der Waals surface area contributed by atoms with Crippen molar-refractivity contribution in [3.05, 3.63) is 0 Å². The largest absolute Gasteiger partial charge is 0.439 e. The van der Waals surface area contributed by atoms with Gasteiger partial charge in [-0.3, -0.25) is 4.79 Å². The molecule has 0 fully saturated rings. The van der Waals surface area contributed by atoms with Crippen molar-refractivity contribution in [3.8, 4) is 0 Å². The number of carbonyl (C=O) groups excluding carboxylic acids is 1. The molecule has 0 atom stereocenters. The average molecular weight is 190 g/mol. The average Bonchev–Trinajstić information content (AvgIpc) is 2.09. The molecule has 0 aromatic heterocycles. The summed E-state index contributed by atoms with van der Waals surface area (Å²) < 4.78 is 14.7. The van der Waals surface area contributed by atoms with Crippen LogP contribution in [0, 0.1) is 0 Å². The van der Waals surface area contributed by atoms with Crippen molar-refractivity contribution in [2.45, 2.75) is 26.7 Å². The Labute approximate surface area is 79.2 Å². The van der Waals surface area contributed by atoms with Crippen LogP contribution in [0.2, 0.25) is 0 Å². The van der Waals surface area contributed by atoms with E-state index in [0.717, 1.165) is 19.4 Å². The lowest BCUT2D eigenvalue weighted by atomic mass is 10.4. The molecule has 0 aliphatic heterocycles. The molecule has 0 bridgehead atoms. The third-order valence-corrected chi connectivity index (χ3v) is 1.36. The van der Waals surface area contributed by atoms with Crippen molar-refractivity contribution in [2.75, 3.05) is 26.6 Å². The van der Waals surface area contributed by atoms with Gasteiger partial charge in [0.1, 0.15) is 0 Å². The van der Waals surface area contributed by atoms with Crippen molar-refractivity contribution in [1.29, 1.82) is 0 Å². The molecule has 0 radical (unpaired) electrons. The molecule has 4 heteroatoms. The Hall–Kier alpha value is -0.610. The predicted octanol–water partition coefficient (Wildman–Crippen LogP) is 1.34. The molecular weight excluding hydrogens is 172 g/mol. The van der Waals surface area contributed by atoms with Crippen molar-refractivity contribution >= 4 is 5.97 Å². The number of hydrogen-bond donors (Lipinski definition) is 0. The lowest BCUT2D eigenvalue weighted by Gasteiger charge is -2.04. The Bertz CT molecular complexity index is 125. The summed E-state index contributed by atoms with van der Waals surface area (Å²) >= 11 is 0. The molecule has 0 aromatic rings. The molecule has 0 unspecified atom stereocenters. The van der Waals surface area contributed by atoms with Crippen molar-refractivity contribution < 1.29 is 19.0 Å². The Balaban J connectivity index is 2.87. The summed E-state index contributed by atoms with van der Waals surface area (Å²) in [6.45, 7) is 5.28. The number of carbonyl (C=O) groups is 1. The fourth-order valence-corrected chi connectivity index (χ4v) is 0.650. The molecule has 0 N–H and O–H groups in total. The summed E-state index contributed by atoms with van der Waals surface area (Å²) in [4.78, 5) is 10.3. The van der Waals surface area contributed by atoms with E-state index < -0.39 is 0 Å². The van der Waals surface area contributed by atoms with Crippen LogP contribution < -0.4 is 0 Å². The maximum Gasteiger partial charge on any atom is 0.304 e.